The first-order chi connectivity index (χ1) is 7.00. The number of hydrogen-bond acceptors (Lipinski definition) is 2. The van der Waals surface area contributed by atoms with Gasteiger partial charge in [0.2, 0.25) is 5.91 Å². The van der Waals surface area contributed by atoms with Crippen molar-refractivity contribution in [2.75, 3.05) is 0 Å². The third-order valence-corrected chi connectivity index (χ3v) is 2.78. The van der Waals surface area contributed by atoms with Crippen molar-refractivity contribution in [1.82, 2.24) is 5.32 Å². The van der Waals surface area contributed by atoms with Crippen LogP contribution < -0.4 is 11.1 Å². The van der Waals surface area contributed by atoms with E-state index in [1.807, 2.05) is 0 Å². The number of carbonyl (C=O) groups is 1. The third-order valence-electron chi connectivity index (χ3n) is 2.04. The van der Waals surface area contributed by atoms with Crippen molar-refractivity contribution in [2.45, 2.75) is 19.5 Å². The van der Waals surface area contributed by atoms with Crippen LogP contribution in [-0.4, -0.2) is 11.9 Å². The zero-order valence-corrected chi connectivity index (χ0v) is 9.84. The highest BCUT2D eigenvalue weighted by molar-refractivity contribution is 9.10. The highest BCUT2D eigenvalue weighted by Gasteiger charge is 2.08. The van der Waals surface area contributed by atoms with Crippen LogP contribution in [0.25, 0.3) is 0 Å². The van der Waals surface area contributed by atoms with Gasteiger partial charge in [-0.2, -0.15) is 0 Å². The Morgan fingerprint density at radius 2 is 2.33 bits per heavy atom. The predicted octanol–water partition coefficient (Wildman–Crippen LogP) is 1.55. The SMILES string of the molecule is CC(NCc1ccc(F)cc1Br)C(N)=O. The Bertz CT molecular complexity index is 370. The van der Waals surface area contributed by atoms with Gasteiger partial charge in [0.1, 0.15) is 5.82 Å². The molecule has 0 saturated carbocycles. The van der Waals surface area contributed by atoms with Gasteiger partial charge in [-0.15, -0.1) is 0 Å². The van der Waals surface area contributed by atoms with Gasteiger partial charge < -0.3 is 11.1 Å². The van der Waals surface area contributed by atoms with Crippen molar-refractivity contribution in [2.24, 2.45) is 5.73 Å². The van der Waals surface area contributed by atoms with Crippen LogP contribution >= 0.6 is 15.9 Å². The van der Waals surface area contributed by atoms with Crippen molar-refractivity contribution in [3.8, 4) is 0 Å². The van der Waals surface area contributed by atoms with Crippen LogP contribution in [0.4, 0.5) is 4.39 Å². The van der Waals surface area contributed by atoms with Gasteiger partial charge in [0.05, 0.1) is 6.04 Å². The lowest BCUT2D eigenvalue weighted by Crippen LogP contribution is -2.38. The fraction of sp³-hybridized carbons (Fsp3) is 0.300. The summed E-state index contributed by atoms with van der Waals surface area (Å²) in [6.07, 6.45) is 0. The average molecular weight is 275 g/mol. The fourth-order valence-corrected chi connectivity index (χ4v) is 1.52. The maximum atomic E-state index is 12.8. The van der Waals surface area contributed by atoms with E-state index in [9.17, 15) is 9.18 Å². The monoisotopic (exact) mass is 274 g/mol. The van der Waals surface area contributed by atoms with E-state index in [-0.39, 0.29) is 5.82 Å². The van der Waals surface area contributed by atoms with Crippen molar-refractivity contribution in [3.63, 3.8) is 0 Å². The zero-order valence-electron chi connectivity index (χ0n) is 8.26. The first-order valence-electron chi connectivity index (χ1n) is 4.47. The molecule has 0 bridgehead atoms. The molecule has 1 atom stereocenters. The van der Waals surface area contributed by atoms with Crippen molar-refractivity contribution < 1.29 is 9.18 Å². The minimum absolute atomic E-state index is 0.298. The minimum atomic E-state index is -0.409. The molecular formula is C10H12BrFN2O. The summed E-state index contributed by atoms with van der Waals surface area (Å²) in [7, 11) is 0. The van der Waals surface area contributed by atoms with Crippen LogP contribution in [-0.2, 0) is 11.3 Å². The third kappa shape index (κ3) is 3.60. The number of rotatable bonds is 4. The summed E-state index contributed by atoms with van der Waals surface area (Å²) in [5.74, 6) is -0.707. The molecule has 3 nitrogen and oxygen atoms in total. The molecule has 0 aliphatic carbocycles. The summed E-state index contributed by atoms with van der Waals surface area (Å²) in [6, 6.07) is 4.00. The highest BCUT2D eigenvalue weighted by Crippen LogP contribution is 2.17. The Morgan fingerprint density at radius 1 is 1.67 bits per heavy atom. The molecule has 1 amide bonds. The lowest BCUT2D eigenvalue weighted by Gasteiger charge is -2.10. The molecule has 0 heterocycles. The molecule has 5 heteroatoms. The Labute approximate surface area is 96.0 Å². The van der Waals surface area contributed by atoms with Gasteiger partial charge in [0.15, 0.2) is 0 Å². The van der Waals surface area contributed by atoms with Crippen LogP contribution in [0.2, 0.25) is 0 Å². The Kier molecular flexibility index (Phi) is 4.23. The lowest BCUT2D eigenvalue weighted by molar-refractivity contribution is -0.119. The van der Waals surface area contributed by atoms with Crippen LogP contribution in [0.15, 0.2) is 22.7 Å². The van der Waals surface area contributed by atoms with Gasteiger partial charge in [0.25, 0.3) is 0 Å². The summed E-state index contributed by atoms with van der Waals surface area (Å²) >= 11 is 3.24. The van der Waals surface area contributed by atoms with Gasteiger partial charge in [-0.1, -0.05) is 22.0 Å². The molecule has 1 unspecified atom stereocenters. The molecule has 0 radical (unpaired) electrons. The summed E-state index contributed by atoms with van der Waals surface area (Å²) in [5.41, 5.74) is 5.97. The quantitative estimate of drug-likeness (QED) is 0.876. The van der Waals surface area contributed by atoms with Gasteiger partial charge in [-0.25, -0.2) is 4.39 Å². The fourth-order valence-electron chi connectivity index (χ4n) is 1.03. The molecule has 0 spiro atoms. The number of primary amides is 1. The summed E-state index contributed by atoms with van der Waals surface area (Å²) in [4.78, 5) is 10.7. The standard InChI is InChI=1S/C10H12BrFN2O/c1-6(10(13)15)14-5-7-2-3-8(12)4-9(7)11/h2-4,6,14H,5H2,1H3,(H2,13,15). The summed E-state index contributed by atoms with van der Waals surface area (Å²) in [6.45, 7) is 2.14. The lowest BCUT2D eigenvalue weighted by atomic mass is 10.2. The van der Waals surface area contributed by atoms with Crippen molar-refractivity contribution in [1.29, 1.82) is 0 Å². The Hall–Kier alpha value is -0.940. The van der Waals surface area contributed by atoms with Crippen molar-refractivity contribution in [3.05, 3.63) is 34.1 Å². The topological polar surface area (TPSA) is 55.1 Å². The van der Waals surface area contributed by atoms with E-state index in [4.69, 9.17) is 5.73 Å². The molecule has 0 fully saturated rings. The molecule has 0 aliphatic heterocycles. The summed E-state index contributed by atoms with van der Waals surface area (Å²) < 4.78 is 13.4. The van der Waals surface area contributed by atoms with E-state index < -0.39 is 11.9 Å². The van der Waals surface area contributed by atoms with E-state index in [1.165, 1.54) is 12.1 Å². The second-order valence-corrected chi connectivity index (χ2v) is 4.10. The Morgan fingerprint density at radius 3 is 2.87 bits per heavy atom. The minimum Gasteiger partial charge on any atom is -0.368 e. The normalized spacial score (nSPS) is 12.5. The predicted molar refractivity (Wildman–Crippen MR) is 59.6 cm³/mol. The van der Waals surface area contributed by atoms with E-state index in [1.54, 1.807) is 13.0 Å². The molecule has 0 aromatic heterocycles. The zero-order chi connectivity index (χ0) is 11.4. The Balaban J connectivity index is 2.62. The van der Waals surface area contributed by atoms with Gasteiger partial charge in [-0.05, 0) is 24.6 Å². The molecule has 15 heavy (non-hydrogen) atoms. The average Bonchev–Trinajstić information content (AvgIpc) is 2.15. The molecule has 0 aliphatic rings. The molecule has 3 N–H and O–H groups in total. The van der Waals surface area contributed by atoms with E-state index in [2.05, 4.69) is 21.2 Å². The number of halogens is 2. The van der Waals surface area contributed by atoms with Crippen LogP contribution in [0, 0.1) is 5.82 Å². The first kappa shape index (κ1) is 12.1. The molecule has 1 aromatic carbocycles. The molecule has 82 valence electrons. The van der Waals surface area contributed by atoms with Crippen LogP contribution in [0.5, 0.6) is 0 Å². The van der Waals surface area contributed by atoms with E-state index in [0.717, 1.165) is 5.56 Å². The smallest absolute Gasteiger partial charge is 0.234 e. The molecule has 0 saturated heterocycles. The van der Waals surface area contributed by atoms with E-state index >= 15 is 0 Å². The number of carbonyl (C=O) groups excluding carboxylic acids is 1. The maximum absolute atomic E-state index is 12.8. The summed E-state index contributed by atoms with van der Waals surface area (Å²) in [5, 5.41) is 2.93. The van der Waals surface area contributed by atoms with Crippen LogP contribution in [0.1, 0.15) is 12.5 Å². The second kappa shape index (κ2) is 5.23. The van der Waals surface area contributed by atoms with Gasteiger partial charge >= 0.3 is 0 Å². The number of amides is 1. The highest BCUT2D eigenvalue weighted by atomic mass is 79.9. The maximum Gasteiger partial charge on any atom is 0.234 e. The largest absolute Gasteiger partial charge is 0.368 e. The number of hydrogen-bond donors (Lipinski definition) is 2. The van der Waals surface area contributed by atoms with Gasteiger partial charge in [0, 0.05) is 11.0 Å². The second-order valence-electron chi connectivity index (χ2n) is 3.24. The van der Waals surface area contributed by atoms with E-state index in [0.29, 0.717) is 11.0 Å². The van der Waals surface area contributed by atoms with Crippen molar-refractivity contribution >= 4 is 21.8 Å². The molecule has 1 rings (SSSR count). The first-order valence-corrected chi connectivity index (χ1v) is 5.26. The molecule has 1 aromatic rings. The number of benzene rings is 1. The number of nitrogens with one attached hydrogen (secondary N) is 1. The molecular weight excluding hydrogens is 263 g/mol. The van der Waals surface area contributed by atoms with Gasteiger partial charge in [-0.3, -0.25) is 4.79 Å². The number of nitrogens with two attached hydrogens (primary N) is 1. The van der Waals surface area contributed by atoms with Crippen LogP contribution in [0.3, 0.4) is 0 Å².